The molecule has 0 radical (unpaired) electrons. The Hall–Kier alpha value is -1.90. The topological polar surface area (TPSA) is 22.1 Å². The lowest BCUT2D eigenvalue weighted by Gasteiger charge is -2.06. The van der Waals surface area contributed by atoms with Crippen LogP contribution in [0.2, 0.25) is 0 Å². The Morgan fingerprint density at radius 1 is 1.24 bits per heavy atom. The Bertz CT molecular complexity index is 499. The quantitative estimate of drug-likeness (QED) is 0.806. The third-order valence-electron chi connectivity index (χ3n) is 2.47. The zero-order chi connectivity index (χ0) is 12.1. The Morgan fingerprint density at radius 2 is 2.06 bits per heavy atom. The largest absolute Gasteiger partial charge is 0.477 e. The molecule has 1 aromatic carbocycles. The van der Waals surface area contributed by atoms with Crippen LogP contribution in [-0.4, -0.2) is 11.6 Å². The van der Waals surface area contributed by atoms with Crippen LogP contribution in [-0.2, 0) is 6.42 Å². The predicted octanol–water partition coefficient (Wildman–Crippen LogP) is 3.15. The minimum Gasteiger partial charge on any atom is -0.477 e. The maximum Gasteiger partial charge on any atom is 0.213 e. The van der Waals surface area contributed by atoms with E-state index in [-0.39, 0.29) is 5.82 Å². The number of halogens is 1. The molecule has 1 heterocycles. The summed E-state index contributed by atoms with van der Waals surface area (Å²) >= 11 is 0. The zero-order valence-electron chi connectivity index (χ0n) is 9.69. The van der Waals surface area contributed by atoms with Gasteiger partial charge in [-0.25, -0.2) is 9.37 Å². The van der Waals surface area contributed by atoms with E-state index in [0.717, 1.165) is 5.56 Å². The Labute approximate surface area is 100 Å². The van der Waals surface area contributed by atoms with Gasteiger partial charge in [0.15, 0.2) is 0 Å². The Balaban J connectivity index is 1.90. The maximum atomic E-state index is 13.3. The molecule has 88 valence electrons. The van der Waals surface area contributed by atoms with E-state index in [1.165, 1.54) is 6.07 Å². The Morgan fingerprint density at radius 3 is 2.82 bits per heavy atom. The molecule has 0 aliphatic carbocycles. The highest BCUT2D eigenvalue weighted by atomic mass is 19.1. The number of benzene rings is 1. The van der Waals surface area contributed by atoms with Crippen molar-refractivity contribution in [3.63, 3.8) is 0 Å². The van der Waals surface area contributed by atoms with E-state index in [1.54, 1.807) is 18.3 Å². The molecule has 0 atom stereocenters. The van der Waals surface area contributed by atoms with E-state index in [0.29, 0.717) is 24.5 Å². The third kappa shape index (κ3) is 3.28. The SMILES string of the molecule is Cc1ccnc(OCCc2ccccc2F)c1. The first-order valence-corrected chi connectivity index (χ1v) is 5.54. The molecule has 0 saturated heterocycles. The van der Waals surface area contributed by atoms with E-state index in [9.17, 15) is 4.39 Å². The van der Waals surface area contributed by atoms with Gasteiger partial charge in [0.1, 0.15) is 5.82 Å². The molecule has 0 amide bonds. The van der Waals surface area contributed by atoms with E-state index in [1.807, 2.05) is 25.1 Å². The van der Waals surface area contributed by atoms with Gasteiger partial charge >= 0.3 is 0 Å². The molecule has 0 unspecified atom stereocenters. The molecular formula is C14H14FNO. The van der Waals surface area contributed by atoms with Crippen LogP contribution in [0.1, 0.15) is 11.1 Å². The lowest BCUT2D eigenvalue weighted by atomic mass is 10.1. The second-order valence-electron chi connectivity index (χ2n) is 3.86. The van der Waals surface area contributed by atoms with E-state index in [4.69, 9.17) is 4.74 Å². The van der Waals surface area contributed by atoms with Crippen molar-refractivity contribution in [1.29, 1.82) is 0 Å². The van der Waals surface area contributed by atoms with E-state index < -0.39 is 0 Å². The van der Waals surface area contributed by atoms with Crippen molar-refractivity contribution >= 4 is 0 Å². The number of nitrogens with zero attached hydrogens (tertiary/aromatic N) is 1. The number of hydrogen-bond donors (Lipinski definition) is 0. The summed E-state index contributed by atoms with van der Waals surface area (Å²) < 4.78 is 18.8. The first-order valence-electron chi connectivity index (χ1n) is 5.54. The van der Waals surface area contributed by atoms with Crippen molar-refractivity contribution in [2.75, 3.05) is 6.61 Å². The molecule has 0 bridgehead atoms. The van der Waals surface area contributed by atoms with Crippen LogP contribution < -0.4 is 4.74 Å². The van der Waals surface area contributed by atoms with Gasteiger partial charge in [-0.05, 0) is 30.2 Å². The predicted molar refractivity (Wildman–Crippen MR) is 64.6 cm³/mol. The van der Waals surface area contributed by atoms with Crippen molar-refractivity contribution in [3.05, 3.63) is 59.5 Å². The van der Waals surface area contributed by atoms with Crippen molar-refractivity contribution in [1.82, 2.24) is 4.98 Å². The molecule has 1 aromatic heterocycles. The maximum absolute atomic E-state index is 13.3. The summed E-state index contributed by atoms with van der Waals surface area (Å²) in [5.41, 5.74) is 1.76. The standard InChI is InChI=1S/C14H14FNO/c1-11-6-8-16-14(10-11)17-9-7-12-4-2-3-5-13(12)15/h2-6,8,10H,7,9H2,1H3. The fourth-order valence-corrected chi connectivity index (χ4v) is 1.55. The average molecular weight is 231 g/mol. The molecule has 2 rings (SSSR count). The molecule has 0 spiro atoms. The average Bonchev–Trinajstić information content (AvgIpc) is 2.32. The summed E-state index contributed by atoms with van der Waals surface area (Å²) in [6.45, 7) is 2.41. The van der Waals surface area contributed by atoms with Gasteiger partial charge in [-0.1, -0.05) is 18.2 Å². The van der Waals surface area contributed by atoms with Crippen LogP contribution in [0, 0.1) is 12.7 Å². The lowest BCUT2D eigenvalue weighted by Crippen LogP contribution is -2.04. The van der Waals surface area contributed by atoms with Crippen molar-refractivity contribution < 1.29 is 9.13 Å². The highest BCUT2D eigenvalue weighted by molar-refractivity contribution is 5.20. The van der Waals surface area contributed by atoms with Gasteiger partial charge in [-0.15, -0.1) is 0 Å². The number of rotatable bonds is 4. The third-order valence-corrected chi connectivity index (χ3v) is 2.47. The van der Waals surface area contributed by atoms with Gasteiger partial charge in [0.2, 0.25) is 5.88 Å². The molecule has 0 N–H and O–H groups in total. The minimum absolute atomic E-state index is 0.187. The van der Waals surface area contributed by atoms with Crippen LogP contribution in [0.5, 0.6) is 5.88 Å². The van der Waals surface area contributed by atoms with Crippen LogP contribution >= 0.6 is 0 Å². The second-order valence-corrected chi connectivity index (χ2v) is 3.86. The van der Waals surface area contributed by atoms with Gasteiger partial charge in [0, 0.05) is 18.7 Å². The van der Waals surface area contributed by atoms with Gasteiger partial charge in [0.05, 0.1) is 6.61 Å². The molecule has 0 saturated carbocycles. The van der Waals surface area contributed by atoms with Crippen LogP contribution in [0.4, 0.5) is 4.39 Å². The van der Waals surface area contributed by atoms with E-state index >= 15 is 0 Å². The molecule has 17 heavy (non-hydrogen) atoms. The molecule has 3 heteroatoms. The number of hydrogen-bond acceptors (Lipinski definition) is 2. The fourth-order valence-electron chi connectivity index (χ4n) is 1.55. The van der Waals surface area contributed by atoms with Crippen LogP contribution in [0.3, 0.4) is 0 Å². The summed E-state index contributed by atoms with van der Waals surface area (Å²) in [4.78, 5) is 4.08. The summed E-state index contributed by atoms with van der Waals surface area (Å²) in [5, 5.41) is 0. The molecule has 2 aromatic rings. The fraction of sp³-hybridized carbons (Fsp3) is 0.214. The smallest absolute Gasteiger partial charge is 0.213 e. The normalized spacial score (nSPS) is 10.2. The minimum atomic E-state index is -0.187. The highest BCUT2D eigenvalue weighted by Gasteiger charge is 2.01. The van der Waals surface area contributed by atoms with Gasteiger partial charge in [-0.3, -0.25) is 0 Å². The number of ether oxygens (including phenoxy) is 1. The summed E-state index contributed by atoms with van der Waals surface area (Å²) in [5.74, 6) is 0.398. The number of aromatic nitrogens is 1. The lowest BCUT2D eigenvalue weighted by molar-refractivity contribution is 0.307. The molecular weight excluding hydrogens is 217 g/mol. The first kappa shape index (κ1) is 11.6. The molecule has 0 aliphatic heterocycles. The van der Waals surface area contributed by atoms with Gasteiger partial charge in [0.25, 0.3) is 0 Å². The van der Waals surface area contributed by atoms with Crippen LogP contribution in [0.25, 0.3) is 0 Å². The number of pyridine rings is 1. The highest BCUT2D eigenvalue weighted by Crippen LogP contribution is 2.10. The molecule has 2 nitrogen and oxygen atoms in total. The van der Waals surface area contributed by atoms with Crippen molar-refractivity contribution in [2.45, 2.75) is 13.3 Å². The summed E-state index contributed by atoms with van der Waals surface area (Å²) in [6, 6.07) is 10.5. The summed E-state index contributed by atoms with van der Waals surface area (Å²) in [7, 11) is 0. The first-order chi connectivity index (χ1) is 8.25. The molecule has 0 aliphatic rings. The monoisotopic (exact) mass is 231 g/mol. The van der Waals surface area contributed by atoms with E-state index in [2.05, 4.69) is 4.98 Å². The van der Waals surface area contributed by atoms with Crippen molar-refractivity contribution in [3.8, 4) is 5.88 Å². The van der Waals surface area contributed by atoms with Crippen LogP contribution in [0.15, 0.2) is 42.6 Å². The molecule has 0 fully saturated rings. The van der Waals surface area contributed by atoms with Gasteiger partial charge in [-0.2, -0.15) is 0 Å². The van der Waals surface area contributed by atoms with Crippen molar-refractivity contribution in [2.24, 2.45) is 0 Å². The zero-order valence-corrected chi connectivity index (χ0v) is 9.69. The number of aryl methyl sites for hydroxylation is 1. The second kappa shape index (κ2) is 5.43. The van der Waals surface area contributed by atoms with Gasteiger partial charge < -0.3 is 4.74 Å². The summed E-state index contributed by atoms with van der Waals surface area (Å²) in [6.07, 6.45) is 2.25. The Kier molecular flexibility index (Phi) is 3.70.